The number of alkyl halides is 6. The number of anilines is 1. The Kier molecular flexibility index (Phi) is 5.72. The van der Waals surface area contributed by atoms with Gasteiger partial charge in [0.05, 0.1) is 15.4 Å². The van der Waals surface area contributed by atoms with Crippen molar-refractivity contribution in [1.82, 2.24) is 19.7 Å². The second kappa shape index (κ2) is 8.17. The predicted octanol–water partition coefficient (Wildman–Crippen LogP) is 6.67. The van der Waals surface area contributed by atoms with Gasteiger partial charge >= 0.3 is 12.4 Å². The first-order valence-electron chi connectivity index (χ1n) is 8.90. The Morgan fingerprint density at radius 3 is 2.09 bits per heavy atom. The molecule has 178 valence electrons. The fourth-order valence-corrected chi connectivity index (χ4v) is 3.60. The van der Waals surface area contributed by atoms with Gasteiger partial charge < -0.3 is 10.5 Å². The van der Waals surface area contributed by atoms with Gasteiger partial charge in [-0.15, -0.1) is 5.10 Å². The highest BCUT2D eigenvalue weighted by Gasteiger charge is 2.43. The van der Waals surface area contributed by atoms with Gasteiger partial charge in [-0.05, 0) is 12.1 Å². The third kappa shape index (κ3) is 4.28. The lowest BCUT2D eigenvalue weighted by molar-refractivity contribution is -0.151. The lowest BCUT2D eigenvalue weighted by atomic mass is 10.2. The van der Waals surface area contributed by atoms with E-state index >= 15 is 0 Å². The summed E-state index contributed by atoms with van der Waals surface area (Å²) in [5.74, 6) is -3.73. The minimum atomic E-state index is -5.31. The first-order chi connectivity index (χ1) is 15.8. The highest BCUT2D eigenvalue weighted by molar-refractivity contribution is 6.38. The maximum absolute atomic E-state index is 13.8. The number of halogens is 9. The molecule has 0 aliphatic rings. The molecular weight excluding hydrogens is 518 g/mol. The monoisotopic (exact) mass is 525 g/mol. The van der Waals surface area contributed by atoms with Gasteiger partial charge in [0.2, 0.25) is 5.82 Å². The molecule has 0 fully saturated rings. The molecule has 0 aliphatic heterocycles. The van der Waals surface area contributed by atoms with Crippen molar-refractivity contribution in [3.05, 3.63) is 63.8 Å². The Bertz CT molecular complexity index is 1400. The second-order valence-electron chi connectivity index (χ2n) is 6.65. The van der Waals surface area contributed by atoms with Gasteiger partial charge in [0, 0.05) is 12.1 Å². The van der Waals surface area contributed by atoms with Gasteiger partial charge in [-0.1, -0.05) is 35.3 Å². The summed E-state index contributed by atoms with van der Waals surface area (Å²) in [7, 11) is 0. The Morgan fingerprint density at radius 1 is 0.912 bits per heavy atom. The highest BCUT2D eigenvalue weighted by Crippen LogP contribution is 2.41. The number of aromatic nitrogens is 4. The van der Waals surface area contributed by atoms with Crippen molar-refractivity contribution >= 4 is 40.1 Å². The van der Waals surface area contributed by atoms with Crippen molar-refractivity contribution in [2.24, 2.45) is 0 Å². The molecular formula is C19H8Cl2F7N5O. The molecule has 2 heterocycles. The van der Waals surface area contributed by atoms with Crippen LogP contribution in [0, 0.1) is 5.82 Å². The number of rotatable bonds is 3. The van der Waals surface area contributed by atoms with Gasteiger partial charge in [-0.25, -0.2) is 19.0 Å². The van der Waals surface area contributed by atoms with Crippen LogP contribution in [-0.4, -0.2) is 19.7 Å². The summed E-state index contributed by atoms with van der Waals surface area (Å²) in [4.78, 5) is 5.68. The fourth-order valence-electron chi connectivity index (χ4n) is 2.97. The van der Waals surface area contributed by atoms with Crippen LogP contribution in [0.5, 0.6) is 11.5 Å². The molecule has 0 atom stereocenters. The van der Waals surface area contributed by atoms with Gasteiger partial charge in [-0.3, -0.25) is 0 Å². The molecule has 15 heteroatoms. The third-order valence-corrected chi connectivity index (χ3v) is 4.93. The Morgan fingerprint density at radius 2 is 1.53 bits per heavy atom. The van der Waals surface area contributed by atoms with E-state index in [1.807, 2.05) is 0 Å². The Hall–Kier alpha value is -3.32. The zero-order valence-corrected chi connectivity index (χ0v) is 17.7. The van der Waals surface area contributed by atoms with Crippen LogP contribution in [0.1, 0.15) is 11.5 Å². The summed E-state index contributed by atoms with van der Waals surface area (Å²) >= 11 is 12.4. The number of fused-ring (bicyclic) bond motifs is 1. The van der Waals surface area contributed by atoms with Gasteiger partial charge in [-0.2, -0.15) is 26.3 Å². The Balaban J connectivity index is 1.89. The molecule has 2 aromatic heterocycles. The molecule has 0 saturated heterocycles. The van der Waals surface area contributed by atoms with E-state index in [2.05, 4.69) is 15.1 Å². The van der Waals surface area contributed by atoms with Crippen molar-refractivity contribution in [3.8, 4) is 17.2 Å². The molecule has 0 amide bonds. The van der Waals surface area contributed by atoms with E-state index in [4.69, 9.17) is 33.7 Å². The molecule has 0 aliphatic carbocycles. The predicted molar refractivity (Wildman–Crippen MR) is 108 cm³/mol. The highest BCUT2D eigenvalue weighted by atomic mass is 35.5. The van der Waals surface area contributed by atoms with E-state index in [0.717, 1.165) is 18.2 Å². The van der Waals surface area contributed by atoms with Gasteiger partial charge in [0.15, 0.2) is 22.9 Å². The largest absolute Gasteiger partial charge is 0.454 e. The number of nitrogen functional groups attached to an aromatic ring is 1. The van der Waals surface area contributed by atoms with Crippen LogP contribution in [0.15, 0.2) is 36.4 Å². The summed E-state index contributed by atoms with van der Waals surface area (Å²) in [6.07, 6.45) is -10.6. The summed E-state index contributed by atoms with van der Waals surface area (Å²) in [5, 5.41) is 2.14. The number of nitrogens with zero attached hydrogens (tertiary/aromatic N) is 4. The SMILES string of the molecule is Nc1c2c(C(F)(F)F)nc(C(F)(F)F)nc2nn1-c1c(Cl)cc(Oc2ccccc2F)cc1Cl. The lowest BCUT2D eigenvalue weighted by Gasteiger charge is -2.13. The van der Waals surface area contributed by atoms with Crippen LogP contribution in [0.25, 0.3) is 16.7 Å². The summed E-state index contributed by atoms with van der Waals surface area (Å²) in [5.41, 5.74) is 2.60. The quantitative estimate of drug-likeness (QED) is 0.302. The molecule has 2 aromatic carbocycles. The minimum Gasteiger partial charge on any atom is -0.454 e. The second-order valence-corrected chi connectivity index (χ2v) is 7.47. The zero-order valence-electron chi connectivity index (χ0n) is 16.1. The van der Waals surface area contributed by atoms with Crippen LogP contribution >= 0.6 is 23.2 Å². The molecule has 0 radical (unpaired) electrons. The van der Waals surface area contributed by atoms with E-state index in [-0.39, 0.29) is 27.2 Å². The van der Waals surface area contributed by atoms with Crippen molar-refractivity contribution < 1.29 is 35.5 Å². The number of para-hydroxylation sites is 1. The van der Waals surface area contributed by atoms with Gasteiger partial charge in [0.25, 0.3) is 0 Å². The van der Waals surface area contributed by atoms with Crippen molar-refractivity contribution in [2.45, 2.75) is 12.4 Å². The number of ether oxygens (including phenoxy) is 1. The maximum Gasteiger partial charge on any atom is 0.451 e. The van der Waals surface area contributed by atoms with Crippen molar-refractivity contribution in [1.29, 1.82) is 0 Å². The molecule has 0 saturated carbocycles. The van der Waals surface area contributed by atoms with Crippen molar-refractivity contribution in [3.63, 3.8) is 0 Å². The van der Waals surface area contributed by atoms with Crippen molar-refractivity contribution in [2.75, 3.05) is 5.73 Å². The molecule has 0 unspecified atom stereocenters. The Labute approximate surface area is 194 Å². The zero-order chi connectivity index (χ0) is 25.0. The fraction of sp³-hybridized carbons (Fsp3) is 0.105. The molecule has 0 bridgehead atoms. The topological polar surface area (TPSA) is 78.9 Å². The first kappa shape index (κ1) is 23.8. The lowest BCUT2D eigenvalue weighted by Crippen LogP contribution is -2.17. The van der Waals surface area contributed by atoms with E-state index < -0.39 is 46.5 Å². The van der Waals surface area contributed by atoms with E-state index in [9.17, 15) is 30.7 Å². The number of benzene rings is 2. The molecule has 2 N–H and O–H groups in total. The maximum atomic E-state index is 13.8. The van der Waals surface area contributed by atoms with Gasteiger partial charge in [0.1, 0.15) is 17.3 Å². The normalized spacial score (nSPS) is 12.4. The summed E-state index contributed by atoms with van der Waals surface area (Å²) < 4.78 is 99.4. The summed E-state index contributed by atoms with van der Waals surface area (Å²) in [6.45, 7) is 0. The number of nitrogens with two attached hydrogens (primary N) is 1. The molecule has 4 aromatic rings. The van der Waals surface area contributed by atoms with E-state index in [0.29, 0.717) is 4.68 Å². The molecule has 6 nitrogen and oxygen atoms in total. The molecule has 4 rings (SSSR count). The van der Waals surface area contributed by atoms with Crippen LogP contribution in [0.4, 0.5) is 36.6 Å². The molecule has 34 heavy (non-hydrogen) atoms. The van der Waals surface area contributed by atoms with Crippen LogP contribution < -0.4 is 10.5 Å². The average Bonchev–Trinajstić information content (AvgIpc) is 3.03. The third-order valence-electron chi connectivity index (χ3n) is 4.36. The first-order valence-corrected chi connectivity index (χ1v) is 9.65. The van der Waals surface area contributed by atoms with Crippen LogP contribution in [0.3, 0.4) is 0 Å². The average molecular weight is 526 g/mol. The smallest absolute Gasteiger partial charge is 0.451 e. The van der Waals surface area contributed by atoms with Crippen LogP contribution in [-0.2, 0) is 12.4 Å². The van der Waals surface area contributed by atoms with E-state index in [1.54, 1.807) is 0 Å². The summed E-state index contributed by atoms with van der Waals surface area (Å²) in [6, 6.07) is 7.66. The number of hydrogen-bond acceptors (Lipinski definition) is 5. The number of hydrogen-bond donors (Lipinski definition) is 1. The van der Waals surface area contributed by atoms with Crippen LogP contribution in [0.2, 0.25) is 10.0 Å². The standard InChI is InChI=1S/C19H8Cl2F7N5O/c20-8-5-7(34-11-4-2-1-3-10(11)22)6-9(21)13(8)33-15(29)12-14(18(23,24)25)30-17(19(26,27)28)31-16(12)32-33/h1-6H,29H2. The minimum absolute atomic E-state index is 0.0470. The molecule has 0 spiro atoms. The van der Waals surface area contributed by atoms with E-state index in [1.165, 1.54) is 18.2 Å².